The van der Waals surface area contributed by atoms with Gasteiger partial charge in [-0.1, -0.05) is 0 Å². The molecule has 2 aromatic rings. The highest BCUT2D eigenvalue weighted by molar-refractivity contribution is 5.54. The van der Waals surface area contributed by atoms with Gasteiger partial charge in [0.1, 0.15) is 29.9 Å². The molecule has 0 saturated carbocycles. The molecule has 0 radical (unpaired) electrons. The Balaban J connectivity index is 1.95. The second-order valence-electron chi connectivity index (χ2n) is 4.17. The number of aliphatic hydroxyl groups is 1. The molecule has 108 valence electrons. The minimum absolute atomic E-state index is 0.190. The second-order valence-corrected chi connectivity index (χ2v) is 4.17. The van der Waals surface area contributed by atoms with Crippen LogP contribution in [0.1, 0.15) is 18.5 Å². The van der Waals surface area contributed by atoms with Crippen molar-refractivity contribution in [2.45, 2.75) is 12.8 Å². The fourth-order valence-electron chi connectivity index (χ4n) is 1.56. The topological polar surface area (TPSA) is 120 Å². The third kappa shape index (κ3) is 4.67. The van der Waals surface area contributed by atoms with Crippen molar-refractivity contribution >= 4 is 17.5 Å². The molecule has 2 aromatic heterocycles. The van der Waals surface area contributed by atoms with Gasteiger partial charge in [-0.15, -0.1) is 0 Å². The van der Waals surface area contributed by atoms with Crippen LogP contribution in [0, 0.1) is 11.3 Å². The van der Waals surface area contributed by atoms with Crippen molar-refractivity contribution in [3.63, 3.8) is 0 Å². The van der Waals surface area contributed by atoms with Gasteiger partial charge in [0.2, 0.25) is 0 Å². The highest BCUT2D eigenvalue weighted by Gasteiger charge is 2.01. The molecule has 0 saturated heterocycles. The van der Waals surface area contributed by atoms with E-state index in [1.165, 1.54) is 18.7 Å². The summed E-state index contributed by atoms with van der Waals surface area (Å²) in [7, 11) is 0. The molecular weight excluding hydrogens is 270 g/mol. The van der Waals surface area contributed by atoms with Gasteiger partial charge in [0, 0.05) is 19.2 Å². The van der Waals surface area contributed by atoms with Gasteiger partial charge >= 0.3 is 0 Å². The quantitative estimate of drug-likeness (QED) is 0.646. The number of aromatic nitrogens is 4. The molecule has 8 heteroatoms. The number of aliphatic hydroxyl groups excluding tert-OH is 1. The molecule has 0 fully saturated rings. The van der Waals surface area contributed by atoms with E-state index in [2.05, 4.69) is 30.6 Å². The van der Waals surface area contributed by atoms with Crippen LogP contribution in [-0.2, 0) is 0 Å². The first-order valence-corrected chi connectivity index (χ1v) is 6.48. The number of hydrogen-bond acceptors (Lipinski definition) is 8. The zero-order valence-corrected chi connectivity index (χ0v) is 11.3. The number of anilines is 3. The largest absolute Gasteiger partial charge is 0.396 e. The van der Waals surface area contributed by atoms with Gasteiger partial charge in [0.05, 0.1) is 12.4 Å². The number of rotatable bonds is 7. The van der Waals surface area contributed by atoms with Gasteiger partial charge in [-0.2, -0.15) is 5.26 Å². The van der Waals surface area contributed by atoms with E-state index in [-0.39, 0.29) is 12.3 Å². The van der Waals surface area contributed by atoms with E-state index in [4.69, 9.17) is 10.4 Å². The smallest absolute Gasteiger partial charge is 0.158 e. The Labute approximate surface area is 121 Å². The third-order valence-corrected chi connectivity index (χ3v) is 2.58. The van der Waals surface area contributed by atoms with Crippen molar-refractivity contribution in [3.05, 3.63) is 30.5 Å². The summed E-state index contributed by atoms with van der Waals surface area (Å²) in [4.78, 5) is 16.2. The number of nitrogens with one attached hydrogen (secondary N) is 2. The first kappa shape index (κ1) is 14.6. The molecule has 2 heterocycles. The molecule has 3 N–H and O–H groups in total. The van der Waals surface area contributed by atoms with E-state index in [1.807, 2.05) is 6.07 Å². The number of unbranched alkanes of at least 4 members (excludes halogenated alkanes) is 1. The van der Waals surface area contributed by atoms with E-state index in [9.17, 15) is 0 Å². The molecule has 0 unspecified atom stereocenters. The Morgan fingerprint density at radius 1 is 1.05 bits per heavy atom. The molecule has 0 atom stereocenters. The first-order chi connectivity index (χ1) is 10.3. The number of hydrogen-bond donors (Lipinski definition) is 3. The van der Waals surface area contributed by atoms with E-state index < -0.39 is 0 Å². The van der Waals surface area contributed by atoms with Crippen LogP contribution in [-0.4, -0.2) is 38.2 Å². The lowest BCUT2D eigenvalue weighted by Crippen LogP contribution is -2.05. The fraction of sp³-hybridized carbons (Fsp3) is 0.308. The van der Waals surface area contributed by atoms with Crippen LogP contribution in [0.4, 0.5) is 17.5 Å². The zero-order chi connectivity index (χ0) is 14.9. The van der Waals surface area contributed by atoms with Crippen molar-refractivity contribution in [1.29, 1.82) is 5.26 Å². The molecule has 0 aliphatic heterocycles. The molecule has 0 aromatic carbocycles. The number of nitrogens with zero attached hydrogens (tertiary/aromatic N) is 5. The lowest BCUT2D eigenvalue weighted by Gasteiger charge is -2.07. The van der Waals surface area contributed by atoms with Gasteiger partial charge in [-0.05, 0) is 12.8 Å². The average Bonchev–Trinajstić information content (AvgIpc) is 2.53. The molecule has 21 heavy (non-hydrogen) atoms. The molecule has 0 spiro atoms. The summed E-state index contributed by atoms with van der Waals surface area (Å²) in [6, 6.07) is 3.65. The highest BCUT2D eigenvalue weighted by atomic mass is 16.2. The lowest BCUT2D eigenvalue weighted by atomic mass is 10.3. The Hall–Kier alpha value is -2.79. The van der Waals surface area contributed by atoms with Crippen LogP contribution in [0.3, 0.4) is 0 Å². The van der Waals surface area contributed by atoms with Gasteiger partial charge in [0.15, 0.2) is 5.69 Å². The van der Waals surface area contributed by atoms with Crippen molar-refractivity contribution in [2.75, 3.05) is 23.8 Å². The van der Waals surface area contributed by atoms with Crippen molar-refractivity contribution in [1.82, 2.24) is 19.9 Å². The first-order valence-electron chi connectivity index (χ1n) is 6.48. The SMILES string of the molecule is N#Cc1cnc(Nc2cc(NCCCCO)ncn2)cn1. The summed E-state index contributed by atoms with van der Waals surface area (Å²) < 4.78 is 0. The molecule has 0 aliphatic carbocycles. The van der Waals surface area contributed by atoms with Gasteiger partial charge in [-0.3, -0.25) is 0 Å². The molecule has 0 aliphatic rings. The third-order valence-electron chi connectivity index (χ3n) is 2.58. The molecular formula is C13H15N7O. The summed E-state index contributed by atoms with van der Waals surface area (Å²) in [6.07, 6.45) is 5.91. The summed E-state index contributed by atoms with van der Waals surface area (Å²) >= 11 is 0. The van der Waals surface area contributed by atoms with Crippen LogP contribution in [0.25, 0.3) is 0 Å². The summed E-state index contributed by atoms with van der Waals surface area (Å²) in [6.45, 7) is 0.920. The van der Waals surface area contributed by atoms with Gasteiger partial charge in [-0.25, -0.2) is 19.9 Å². The van der Waals surface area contributed by atoms with Crippen LogP contribution < -0.4 is 10.6 Å². The van der Waals surface area contributed by atoms with Gasteiger partial charge < -0.3 is 15.7 Å². The molecule has 0 amide bonds. The number of nitriles is 1. The predicted molar refractivity (Wildman–Crippen MR) is 76.9 cm³/mol. The van der Waals surface area contributed by atoms with E-state index >= 15 is 0 Å². The minimum atomic E-state index is 0.190. The Kier molecular flexibility index (Phi) is 5.37. The van der Waals surface area contributed by atoms with Crippen molar-refractivity contribution < 1.29 is 5.11 Å². The van der Waals surface area contributed by atoms with Crippen LogP contribution in [0.2, 0.25) is 0 Å². The van der Waals surface area contributed by atoms with E-state index in [0.717, 1.165) is 19.4 Å². The highest BCUT2D eigenvalue weighted by Crippen LogP contribution is 2.13. The van der Waals surface area contributed by atoms with Gasteiger partial charge in [0.25, 0.3) is 0 Å². The Morgan fingerprint density at radius 3 is 2.62 bits per heavy atom. The van der Waals surface area contributed by atoms with E-state index in [0.29, 0.717) is 17.5 Å². The van der Waals surface area contributed by atoms with Crippen molar-refractivity contribution in [2.24, 2.45) is 0 Å². The maximum Gasteiger partial charge on any atom is 0.158 e. The molecule has 8 nitrogen and oxygen atoms in total. The zero-order valence-electron chi connectivity index (χ0n) is 11.3. The monoisotopic (exact) mass is 285 g/mol. The normalized spacial score (nSPS) is 9.90. The minimum Gasteiger partial charge on any atom is -0.396 e. The Morgan fingerprint density at radius 2 is 1.90 bits per heavy atom. The summed E-state index contributed by atoms with van der Waals surface area (Å²) in [5.41, 5.74) is 0.259. The van der Waals surface area contributed by atoms with Crippen LogP contribution >= 0.6 is 0 Å². The van der Waals surface area contributed by atoms with Crippen molar-refractivity contribution in [3.8, 4) is 6.07 Å². The average molecular weight is 285 g/mol. The molecule has 2 rings (SSSR count). The van der Waals surface area contributed by atoms with Crippen LogP contribution in [0.15, 0.2) is 24.8 Å². The molecule has 0 bridgehead atoms. The van der Waals surface area contributed by atoms with E-state index in [1.54, 1.807) is 6.07 Å². The van der Waals surface area contributed by atoms with Crippen LogP contribution in [0.5, 0.6) is 0 Å². The maximum atomic E-state index is 8.71. The summed E-state index contributed by atoms with van der Waals surface area (Å²) in [5.74, 6) is 1.76. The maximum absolute atomic E-state index is 8.71. The predicted octanol–water partition coefficient (Wildman–Crippen LogP) is 1.07. The summed E-state index contributed by atoms with van der Waals surface area (Å²) in [5, 5.41) is 23.5. The Bertz CT molecular complexity index is 609. The lowest BCUT2D eigenvalue weighted by molar-refractivity contribution is 0.286. The second kappa shape index (κ2) is 7.72. The standard InChI is InChI=1S/C13H15N7O/c14-6-10-7-17-13(8-16-10)20-12-5-11(18-9-19-12)15-3-1-2-4-21/h5,7-9,21H,1-4H2,(H2,15,17,18,19,20). The fourth-order valence-corrected chi connectivity index (χ4v) is 1.56.